The van der Waals surface area contributed by atoms with Crippen LogP contribution in [0, 0.1) is 35.5 Å². The zero-order valence-corrected chi connectivity index (χ0v) is 36.9. The second-order valence-corrected chi connectivity index (χ2v) is 18.0. The molecule has 14 heteroatoms. The fourth-order valence-electron chi connectivity index (χ4n) is 9.99. The molecule has 14 nitrogen and oxygen atoms in total. The van der Waals surface area contributed by atoms with Crippen LogP contribution < -0.4 is 0 Å². The van der Waals surface area contributed by atoms with Gasteiger partial charge >= 0.3 is 12.1 Å². The molecular formula is C47H60N4O10. The van der Waals surface area contributed by atoms with E-state index in [0.717, 1.165) is 27.7 Å². The van der Waals surface area contributed by atoms with Crippen molar-refractivity contribution in [1.29, 1.82) is 0 Å². The maximum atomic E-state index is 14.6. The highest BCUT2D eigenvalue weighted by Crippen LogP contribution is 2.43. The first kappa shape index (κ1) is 44.4. The molecule has 4 aliphatic rings. The number of carbonyl (C=O) groups excluding carboxylic acids is 3. The van der Waals surface area contributed by atoms with Crippen LogP contribution in [-0.4, -0.2) is 131 Å². The molecule has 1 amide bonds. The number of aromatic nitrogens is 1. The van der Waals surface area contributed by atoms with Gasteiger partial charge in [0.2, 0.25) is 0 Å². The van der Waals surface area contributed by atoms with Gasteiger partial charge in [0.15, 0.2) is 17.7 Å². The maximum Gasteiger partial charge on any atom is 0.410 e. The van der Waals surface area contributed by atoms with Gasteiger partial charge in [-0.2, -0.15) is 0 Å². The molecule has 2 aromatic heterocycles. The summed E-state index contributed by atoms with van der Waals surface area (Å²) < 4.78 is 37.7. The summed E-state index contributed by atoms with van der Waals surface area (Å²) in [6, 6.07) is 10.7. The number of hydrogen-bond donors (Lipinski definition) is 1. The zero-order valence-electron chi connectivity index (χ0n) is 36.9. The average Bonchev–Trinajstić information content (AvgIpc) is 3.80. The molecule has 3 fully saturated rings. The van der Waals surface area contributed by atoms with E-state index < -0.39 is 71.5 Å². The third-order valence-electron chi connectivity index (χ3n) is 13.4. The highest BCUT2D eigenvalue weighted by molar-refractivity contribution is 6.00. The van der Waals surface area contributed by atoms with Gasteiger partial charge in [-0.05, 0) is 104 Å². The van der Waals surface area contributed by atoms with Crippen molar-refractivity contribution in [1.82, 2.24) is 14.8 Å². The Morgan fingerprint density at radius 1 is 1.03 bits per heavy atom. The van der Waals surface area contributed by atoms with E-state index >= 15 is 0 Å². The Labute approximate surface area is 358 Å². The number of fused-ring (bicyclic) bond motifs is 2. The molecule has 2 bridgehead atoms. The molecule has 1 unspecified atom stereocenters. The zero-order chi connectivity index (χ0) is 44.0. The average molecular weight is 841 g/mol. The molecule has 4 aliphatic heterocycles. The standard InChI is InChI=1S/C47H60N4O10/c1-26-24-46(7,57-20-11-13-32-15-16-35-33(22-32)23-34(25-49-35)37-14-12-19-56-37)42(60-44-40(53)36(50(9)10)21-27(2)58-44)29(4)39(52)30(5)43(54)59-31(6)47(8)41-28(3)38(26)48-17-18-51(41)45(55)61-47/h12,14-16,19,22-23,25-31,36,40-42,44,53H,17-18,20-21,24H2,1-10H3/t26-,27+,28+,29+,30-,31-,36-,40?,41-,42-,44-,46+,47-/m1/s1. The predicted octanol–water partition coefficient (Wildman–Crippen LogP) is 5.92. The molecule has 0 radical (unpaired) electrons. The molecule has 0 spiro atoms. The van der Waals surface area contributed by atoms with Crippen molar-refractivity contribution in [3.8, 4) is 23.2 Å². The number of pyridine rings is 1. The highest BCUT2D eigenvalue weighted by atomic mass is 16.7. The van der Waals surface area contributed by atoms with Crippen molar-refractivity contribution in [2.45, 2.75) is 122 Å². The molecular weight excluding hydrogens is 781 g/mol. The smallest absolute Gasteiger partial charge is 0.410 e. The van der Waals surface area contributed by atoms with Crippen LogP contribution in [0.25, 0.3) is 22.2 Å². The number of likely N-dealkylation sites (N-methyl/N-ethyl adjacent to an activating group) is 1. The number of cyclic esters (lactones) is 1. The van der Waals surface area contributed by atoms with Crippen LogP contribution in [0.3, 0.4) is 0 Å². The first-order valence-electron chi connectivity index (χ1n) is 21.4. The molecule has 61 heavy (non-hydrogen) atoms. The number of aliphatic hydroxyl groups is 1. The van der Waals surface area contributed by atoms with Crippen molar-refractivity contribution in [3.05, 3.63) is 54.4 Å². The molecule has 328 valence electrons. The van der Waals surface area contributed by atoms with Gasteiger partial charge in [-0.1, -0.05) is 32.6 Å². The Balaban J connectivity index is 1.27. The van der Waals surface area contributed by atoms with Crippen molar-refractivity contribution in [3.63, 3.8) is 0 Å². The molecule has 3 aromatic rings. The Morgan fingerprint density at radius 2 is 1.80 bits per heavy atom. The third kappa shape index (κ3) is 8.73. The minimum Gasteiger partial charge on any atom is -0.464 e. The number of carbonyl (C=O) groups is 3. The van der Waals surface area contributed by atoms with E-state index in [1.807, 2.05) is 76.2 Å². The van der Waals surface area contributed by atoms with E-state index in [1.165, 1.54) is 6.92 Å². The monoisotopic (exact) mass is 840 g/mol. The van der Waals surface area contributed by atoms with Crippen LogP contribution in [0.1, 0.15) is 73.8 Å². The number of amides is 1. The van der Waals surface area contributed by atoms with E-state index in [9.17, 15) is 19.5 Å². The summed E-state index contributed by atoms with van der Waals surface area (Å²) in [7, 11) is 3.79. The van der Waals surface area contributed by atoms with E-state index in [1.54, 1.807) is 38.1 Å². The van der Waals surface area contributed by atoms with Crippen LogP contribution in [0.5, 0.6) is 0 Å². The molecule has 1 aromatic carbocycles. The SMILES string of the molecule is C[C@H]1C(=O)O[C@H](C)[C@@]2(C)OC(=O)N3CCN=C([C@H](C)C[C@](C)(OCC#Cc4ccc5ncc(-c6ccco6)cc5c4)[C@H](O[C@H]4O[C@@H](C)C[C@@H](N(C)C)C4O)[C@@H](C)C1=O)[C@H](C)[C@@H]32. The van der Waals surface area contributed by atoms with Crippen molar-refractivity contribution >= 4 is 34.5 Å². The normalized spacial score (nSPS) is 36.1. The van der Waals surface area contributed by atoms with Crippen molar-refractivity contribution < 1.29 is 47.6 Å². The molecule has 6 heterocycles. The summed E-state index contributed by atoms with van der Waals surface area (Å²) in [6.45, 7) is 15.3. The van der Waals surface area contributed by atoms with Crippen LogP contribution >= 0.6 is 0 Å². The Bertz CT molecular complexity index is 2200. The summed E-state index contributed by atoms with van der Waals surface area (Å²) in [5.74, 6) is 3.24. The molecule has 7 rings (SSSR count). The summed E-state index contributed by atoms with van der Waals surface area (Å²) >= 11 is 0. The molecule has 1 N–H and O–H groups in total. The predicted molar refractivity (Wildman–Crippen MR) is 228 cm³/mol. The lowest BCUT2D eigenvalue weighted by Gasteiger charge is -2.47. The number of benzene rings is 1. The highest BCUT2D eigenvalue weighted by Gasteiger charge is 2.60. The number of esters is 1. The van der Waals surface area contributed by atoms with E-state index in [4.69, 9.17) is 33.1 Å². The summed E-state index contributed by atoms with van der Waals surface area (Å²) in [6.07, 6.45) is -0.579. The lowest BCUT2D eigenvalue weighted by atomic mass is 9.73. The van der Waals surface area contributed by atoms with Gasteiger partial charge in [0.05, 0.1) is 42.2 Å². The second kappa shape index (κ2) is 17.6. The summed E-state index contributed by atoms with van der Waals surface area (Å²) in [5, 5.41) is 12.6. The number of aliphatic hydroxyl groups excluding tert-OH is 1. The second-order valence-electron chi connectivity index (χ2n) is 18.0. The summed E-state index contributed by atoms with van der Waals surface area (Å²) in [4.78, 5) is 55.2. The van der Waals surface area contributed by atoms with Gasteiger partial charge in [-0.25, -0.2) is 4.79 Å². The topological polar surface area (TPSA) is 162 Å². The lowest BCUT2D eigenvalue weighted by Crippen LogP contribution is -2.60. The minimum atomic E-state index is -1.27. The quantitative estimate of drug-likeness (QED) is 0.178. The molecule has 13 atom stereocenters. The van der Waals surface area contributed by atoms with Crippen LogP contribution in [0.4, 0.5) is 4.79 Å². The van der Waals surface area contributed by atoms with E-state index in [2.05, 4.69) is 23.7 Å². The van der Waals surface area contributed by atoms with Crippen LogP contribution in [0.2, 0.25) is 0 Å². The Hall–Kier alpha value is -4.65. The van der Waals surface area contributed by atoms with Crippen LogP contribution in [0.15, 0.2) is 58.3 Å². The third-order valence-corrected chi connectivity index (χ3v) is 13.4. The molecule has 3 saturated heterocycles. The van der Waals surface area contributed by atoms with Gasteiger partial charge in [-0.15, -0.1) is 0 Å². The number of ketones is 1. The van der Waals surface area contributed by atoms with E-state index in [-0.39, 0.29) is 30.6 Å². The number of Topliss-reactive ketones (excluding diaryl/α,β-unsaturated/α-hetero) is 1. The number of aliphatic imine (C=N–C) groups is 1. The lowest BCUT2D eigenvalue weighted by molar-refractivity contribution is -0.296. The molecule has 0 saturated carbocycles. The Kier molecular flexibility index (Phi) is 12.8. The van der Waals surface area contributed by atoms with Gasteiger partial charge in [0.25, 0.3) is 0 Å². The number of furan rings is 1. The maximum absolute atomic E-state index is 14.6. The van der Waals surface area contributed by atoms with Gasteiger partial charge in [0, 0.05) is 52.8 Å². The molecule has 0 aliphatic carbocycles. The van der Waals surface area contributed by atoms with Gasteiger partial charge < -0.3 is 38.1 Å². The minimum absolute atomic E-state index is 0.0501. The van der Waals surface area contributed by atoms with Crippen molar-refractivity contribution in [2.75, 3.05) is 33.8 Å². The number of nitrogens with zero attached hydrogens (tertiary/aromatic N) is 4. The number of rotatable bonds is 6. The number of ether oxygens (including phenoxy) is 5. The van der Waals surface area contributed by atoms with Crippen molar-refractivity contribution in [2.24, 2.45) is 28.7 Å². The van der Waals surface area contributed by atoms with Gasteiger partial charge in [0.1, 0.15) is 30.5 Å². The first-order valence-corrected chi connectivity index (χ1v) is 21.4. The fraction of sp³-hybridized carbons (Fsp3) is 0.596. The van der Waals surface area contributed by atoms with Gasteiger partial charge in [-0.3, -0.25) is 24.5 Å². The Morgan fingerprint density at radius 3 is 2.52 bits per heavy atom. The fourth-order valence-corrected chi connectivity index (χ4v) is 9.99. The van der Waals surface area contributed by atoms with Crippen LogP contribution in [-0.2, 0) is 33.3 Å². The first-order chi connectivity index (χ1) is 28.9. The van der Waals surface area contributed by atoms with E-state index in [0.29, 0.717) is 31.7 Å². The summed E-state index contributed by atoms with van der Waals surface area (Å²) in [5.41, 5.74) is 0.769. The number of hydrogen-bond acceptors (Lipinski definition) is 13. The largest absolute Gasteiger partial charge is 0.464 e.